The summed E-state index contributed by atoms with van der Waals surface area (Å²) in [6, 6.07) is 39.5. The smallest absolute Gasteiger partial charge is 0.344 e. The van der Waals surface area contributed by atoms with Crippen molar-refractivity contribution in [2.24, 2.45) is 0 Å². The van der Waals surface area contributed by atoms with Gasteiger partial charge in [0, 0.05) is 22.4 Å². The number of methoxy groups -OCH3 is 1. The molecule has 0 radical (unpaired) electrons. The van der Waals surface area contributed by atoms with Gasteiger partial charge in [-0.25, -0.2) is 4.79 Å². The van der Waals surface area contributed by atoms with Crippen LogP contribution in [0.3, 0.4) is 0 Å². The molecule has 8 rings (SSSR count). The molecule has 4 nitrogen and oxygen atoms in total. The van der Waals surface area contributed by atoms with Crippen LogP contribution in [0.4, 0.5) is 0 Å². The minimum Gasteiger partial charge on any atom is -0.497 e. The molecule has 0 fully saturated rings. The van der Waals surface area contributed by atoms with Crippen LogP contribution in [-0.2, 0) is 0 Å². The van der Waals surface area contributed by atoms with Crippen molar-refractivity contribution in [1.82, 2.24) is 0 Å². The number of rotatable bonds is 5. The normalized spacial score (nSPS) is 13.4. The third kappa shape index (κ3) is 4.40. The summed E-state index contributed by atoms with van der Waals surface area (Å²) < 4.78 is 18.2. The van der Waals surface area contributed by atoms with Crippen LogP contribution in [0.5, 0.6) is 17.2 Å². The predicted molar refractivity (Wildman–Crippen MR) is 182 cm³/mol. The first-order valence-electron chi connectivity index (χ1n) is 15.5. The monoisotopic (exact) mass is 588 g/mol. The first-order chi connectivity index (χ1) is 22.0. The second kappa shape index (κ2) is 10.7. The SMILES string of the molecule is CCC(C)c1cc(C2c3c(ccc4ccccc34)Oc3ccc4ccccc4c32)cc2cc(-c3ccc(OC)cc3)c(=O)oc12. The summed E-state index contributed by atoms with van der Waals surface area (Å²) in [4.78, 5) is 13.4. The quantitative estimate of drug-likeness (QED) is 0.188. The van der Waals surface area contributed by atoms with Gasteiger partial charge in [-0.05, 0) is 87.0 Å². The van der Waals surface area contributed by atoms with Crippen LogP contribution in [-0.4, -0.2) is 7.11 Å². The third-order valence-electron chi connectivity index (χ3n) is 9.42. The lowest BCUT2D eigenvalue weighted by Crippen LogP contribution is -2.14. The molecule has 6 aromatic carbocycles. The van der Waals surface area contributed by atoms with Gasteiger partial charge in [-0.3, -0.25) is 0 Å². The molecule has 0 N–H and O–H groups in total. The Bertz CT molecular complexity index is 2230. The molecule has 1 atom stereocenters. The van der Waals surface area contributed by atoms with E-state index in [2.05, 4.69) is 98.8 Å². The third-order valence-corrected chi connectivity index (χ3v) is 9.42. The van der Waals surface area contributed by atoms with E-state index < -0.39 is 0 Å². The van der Waals surface area contributed by atoms with Crippen LogP contribution >= 0.6 is 0 Å². The standard InChI is InChI=1S/C41H32O4/c1-4-24(2)33-22-28(21-29-23-34(41(42)45-40(29)33)27-13-17-30(43-3)18-14-27)37-38-31-11-7-5-9-25(31)15-19-35(38)44-36-20-16-26-10-6-8-12-32(26)39(36)37/h5-24,37H,4H2,1-3H3. The van der Waals surface area contributed by atoms with Gasteiger partial charge in [0.15, 0.2) is 0 Å². The maximum Gasteiger partial charge on any atom is 0.344 e. The summed E-state index contributed by atoms with van der Waals surface area (Å²) in [5, 5.41) is 5.58. The summed E-state index contributed by atoms with van der Waals surface area (Å²) in [7, 11) is 1.64. The average molecular weight is 589 g/mol. The highest BCUT2D eigenvalue weighted by molar-refractivity contribution is 5.96. The van der Waals surface area contributed by atoms with E-state index in [1.165, 1.54) is 21.5 Å². The van der Waals surface area contributed by atoms with Crippen LogP contribution in [0.2, 0.25) is 0 Å². The maximum atomic E-state index is 13.4. The van der Waals surface area contributed by atoms with Crippen molar-refractivity contribution in [3.63, 3.8) is 0 Å². The zero-order chi connectivity index (χ0) is 30.7. The van der Waals surface area contributed by atoms with Gasteiger partial charge < -0.3 is 13.9 Å². The Hall–Kier alpha value is -5.35. The number of hydrogen-bond acceptors (Lipinski definition) is 4. The number of fused-ring (bicyclic) bond motifs is 7. The van der Waals surface area contributed by atoms with E-state index in [0.717, 1.165) is 56.9 Å². The molecule has 0 saturated heterocycles. The Morgan fingerprint density at radius 3 is 1.96 bits per heavy atom. The second-order valence-electron chi connectivity index (χ2n) is 11.9. The van der Waals surface area contributed by atoms with E-state index in [0.29, 0.717) is 11.1 Å². The summed E-state index contributed by atoms with van der Waals surface area (Å²) in [5.74, 6) is 2.54. The highest BCUT2D eigenvalue weighted by atomic mass is 16.5. The Morgan fingerprint density at radius 2 is 1.36 bits per heavy atom. The van der Waals surface area contributed by atoms with Crippen LogP contribution in [0.15, 0.2) is 124 Å². The molecule has 0 bridgehead atoms. The van der Waals surface area contributed by atoms with Gasteiger partial charge in [0.25, 0.3) is 0 Å². The van der Waals surface area contributed by atoms with E-state index >= 15 is 0 Å². The minimum absolute atomic E-state index is 0.107. The maximum absolute atomic E-state index is 13.4. The Kier molecular flexibility index (Phi) is 6.45. The molecule has 4 heteroatoms. The van der Waals surface area contributed by atoms with Gasteiger partial charge in [-0.2, -0.15) is 0 Å². The number of ether oxygens (including phenoxy) is 2. The molecule has 0 amide bonds. The second-order valence-corrected chi connectivity index (χ2v) is 11.9. The summed E-state index contributed by atoms with van der Waals surface area (Å²) >= 11 is 0. The summed E-state index contributed by atoms with van der Waals surface area (Å²) in [6.07, 6.45) is 0.912. The first kappa shape index (κ1) is 27.2. The van der Waals surface area contributed by atoms with E-state index in [1.807, 2.05) is 30.3 Å². The van der Waals surface area contributed by atoms with Gasteiger partial charge in [-0.15, -0.1) is 0 Å². The molecule has 45 heavy (non-hydrogen) atoms. The number of benzene rings is 6. The largest absolute Gasteiger partial charge is 0.497 e. The molecule has 0 aliphatic carbocycles. The van der Waals surface area contributed by atoms with Crippen molar-refractivity contribution in [1.29, 1.82) is 0 Å². The fourth-order valence-electron chi connectivity index (χ4n) is 6.93. The Labute approximate surface area is 261 Å². The average Bonchev–Trinajstić information content (AvgIpc) is 3.09. The zero-order valence-electron chi connectivity index (χ0n) is 25.5. The highest BCUT2D eigenvalue weighted by Crippen LogP contribution is 2.53. The predicted octanol–water partition coefficient (Wildman–Crippen LogP) is 10.6. The van der Waals surface area contributed by atoms with Gasteiger partial charge in [0.1, 0.15) is 22.8 Å². The van der Waals surface area contributed by atoms with Gasteiger partial charge in [0.05, 0.1) is 12.7 Å². The molecule has 0 spiro atoms. The van der Waals surface area contributed by atoms with E-state index in [9.17, 15) is 4.79 Å². The highest BCUT2D eigenvalue weighted by Gasteiger charge is 2.33. The molecular formula is C41H32O4. The van der Waals surface area contributed by atoms with Gasteiger partial charge in [-0.1, -0.05) is 92.7 Å². The molecule has 2 heterocycles. The lowest BCUT2D eigenvalue weighted by Gasteiger charge is -2.32. The molecule has 1 aliphatic heterocycles. The Morgan fingerprint density at radius 1 is 0.733 bits per heavy atom. The lowest BCUT2D eigenvalue weighted by atomic mass is 9.77. The van der Waals surface area contributed by atoms with Gasteiger partial charge >= 0.3 is 5.63 Å². The molecular weight excluding hydrogens is 556 g/mol. The fourth-order valence-corrected chi connectivity index (χ4v) is 6.93. The van der Waals surface area contributed by atoms with Crippen molar-refractivity contribution >= 4 is 32.5 Å². The van der Waals surface area contributed by atoms with Crippen molar-refractivity contribution in [3.05, 3.63) is 148 Å². The molecule has 1 aliphatic rings. The van der Waals surface area contributed by atoms with Crippen molar-refractivity contribution in [2.45, 2.75) is 32.1 Å². The van der Waals surface area contributed by atoms with Gasteiger partial charge in [0.2, 0.25) is 0 Å². The van der Waals surface area contributed by atoms with Crippen LogP contribution in [0.25, 0.3) is 43.6 Å². The van der Waals surface area contributed by atoms with Crippen LogP contribution < -0.4 is 15.1 Å². The molecule has 0 saturated carbocycles. The van der Waals surface area contributed by atoms with E-state index in [1.54, 1.807) is 7.11 Å². The van der Waals surface area contributed by atoms with E-state index in [-0.39, 0.29) is 17.5 Å². The molecule has 220 valence electrons. The fraction of sp³-hybridized carbons (Fsp3) is 0.146. The zero-order valence-corrected chi connectivity index (χ0v) is 25.5. The summed E-state index contributed by atoms with van der Waals surface area (Å²) in [6.45, 7) is 4.37. The van der Waals surface area contributed by atoms with Crippen molar-refractivity contribution in [2.75, 3.05) is 7.11 Å². The summed E-state index contributed by atoms with van der Waals surface area (Å²) in [5.41, 5.74) is 6.12. The lowest BCUT2D eigenvalue weighted by molar-refractivity contribution is 0.415. The van der Waals surface area contributed by atoms with Crippen LogP contribution in [0, 0.1) is 0 Å². The van der Waals surface area contributed by atoms with Crippen molar-refractivity contribution < 1.29 is 13.9 Å². The van der Waals surface area contributed by atoms with E-state index in [4.69, 9.17) is 13.9 Å². The Balaban J connectivity index is 1.46. The van der Waals surface area contributed by atoms with Crippen LogP contribution in [0.1, 0.15) is 54.4 Å². The first-order valence-corrected chi connectivity index (χ1v) is 15.5. The molecule has 7 aromatic rings. The molecule has 1 unspecified atom stereocenters. The molecule has 1 aromatic heterocycles. The van der Waals surface area contributed by atoms with Crippen molar-refractivity contribution in [3.8, 4) is 28.4 Å². The minimum atomic E-state index is -0.344. The number of hydrogen-bond donors (Lipinski definition) is 0. The topological polar surface area (TPSA) is 48.7 Å².